The van der Waals surface area contributed by atoms with Gasteiger partial charge in [-0.2, -0.15) is 5.26 Å². The summed E-state index contributed by atoms with van der Waals surface area (Å²) >= 11 is 0. The van der Waals surface area contributed by atoms with Crippen LogP contribution in [0.25, 0.3) is 11.2 Å². The molecule has 13 heteroatoms. The molecule has 0 radical (unpaired) electrons. The number of imidazole rings is 1. The SMILES string of the molecule is C=CCOP(=O)(OCCC#N)O[C@H]1C[C@@H](CO)O[C@H]1n1cnc2c(N)ncnc21. The number of hydrogen-bond acceptors (Lipinski definition) is 11. The number of rotatable bonds is 10. The Morgan fingerprint density at radius 1 is 1.48 bits per heavy atom. The van der Waals surface area contributed by atoms with E-state index in [-0.39, 0.29) is 38.5 Å². The molecule has 156 valence electrons. The van der Waals surface area contributed by atoms with Crippen LogP contribution in [0.5, 0.6) is 0 Å². The van der Waals surface area contributed by atoms with E-state index in [2.05, 4.69) is 21.5 Å². The number of aliphatic hydroxyl groups excluding tert-OH is 1. The van der Waals surface area contributed by atoms with Crippen molar-refractivity contribution in [3.8, 4) is 6.07 Å². The molecule has 0 aromatic carbocycles. The Bertz CT molecular complexity index is 946. The predicted octanol–water partition coefficient (Wildman–Crippen LogP) is 1.31. The van der Waals surface area contributed by atoms with Crippen molar-refractivity contribution < 1.29 is 28.0 Å². The quantitative estimate of drug-likeness (QED) is 0.320. The highest BCUT2D eigenvalue weighted by Crippen LogP contribution is 2.53. The lowest BCUT2D eigenvalue weighted by Crippen LogP contribution is -2.23. The first-order valence-corrected chi connectivity index (χ1v) is 10.2. The highest BCUT2D eigenvalue weighted by Gasteiger charge is 2.43. The molecule has 2 aromatic heterocycles. The summed E-state index contributed by atoms with van der Waals surface area (Å²) in [6.45, 7) is 3.02. The number of ether oxygens (including phenoxy) is 1. The molecule has 2 aromatic rings. The van der Waals surface area contributed by atoms with Gasteiger partial charge < -0.3 is 15.6 Å². The average Bonchev–Trinajstić information content (AvgIpc) is 3.31. The number of nitrogens with zero attached hydrogens (tertiary/aromatic N) is 5. The summed E-state index contributed by atoms with van der Waals surface area (Å²) in [4.78, 5) is 12.2. The number of fused-ring (bicyclic) bond motifs is 1. The molecule has 0 bridgehead atoms. The van der Waals surface area contributed by atoms with Crippen molar-refractivity contribution in [1.82, 2.24) is 19.5 Å². The molecule has 3 rings (SSSR count). The van der Waals surface area contributed by atoms with Crippen LogP contribution in [0.3, 0.4) is 0 Å². The molecule has 3 N–H and O–H groups in total. The van der Waals surface area contributed by atoms with E-state index in [1.165, 1.54) is 18.7 Å². The van der Waals surface area contributed by atoms with Gasteiger partial charge in [-0.3, -0.25) is 18.1 Å². The summed E-state index contributed by atoms with van der Waals surface area (Å²) < 4.78 is 36.5. The summed E-state index contributed by atoms with van der Waals surface area (Å²) in [7, 11) is -4.04. The molecular formula is C16H21N6O6P. The summed E-state index contributed by atoms with van der Waals surface area (Å²) in [5, 5.41) is 18.2. The van der Waals surface area contributed by atoms with Gasteiger partial charge in [0.15, 0.2) is 17.7 Å². The summed E-state index contributed by atoms with van der Waals surface area (Å²) in [5.74, 6) is 0.197. The van der Waals surface area contributed by atoms with E-state index in [4.69, 9.17) is 29.3 Å². The highest BCUT2D eigenvalue weighted by molar-refractivity contribution is 7.48. The Hall–Kier alpha value is -2.39. The van der Waals surface area contributed by atoms with Crippen molar-refractivity contribution in [2.75, 3.05) is 25.6 Å². The number of phosphoric ester groups is 1. The molecule has 0 aliphatic carbocycles. The van der Waals surface area contributed by atoms with Crippen LogP contribution in [-0.2, 0) is 22.9 Å². The van der Waals surface area contributed by atoms with Gasteiger partial charge in [-0.25, -0.2) is 19.5 Å². The van der Waals surface area contributed by atoms with Crippen LogP contribution in [0.15, 0.2) is 25.3 Å². The zero-order chi connectivity index (χ0) is 20.9. The number of nitrogen functional groups attached to an aromatic ring is 1. The van der Waals surface area contributed by atoms with Crippen molar-refractivity contribution in [3.63, 3.8) is 0 Å². The maximum absolute atomic E-state index is 13.0. The summed E-state index contributed by atoms with van der Waals surface area (Å²) in [5.41, 5.74) is 6.59. The molecular weight excluding hydrogens is 403 g/mol. The first-order valence-electron chi connectivity index (χ1n) is 8.76. The molecule has 1 fully saturated rings. The zero-order valence-corrected chi connectivity index (χ0v) is 16.4. The first-order chi connectivity index (χ1) is 14.0. The second kappa shape index (κ2) is 9.41. The molecule has 0 spiro atoms. The van der Waals surface area contributed by atoms with Crippen LogP contribution in [-0.4, -0.2) is 56.7 Å². The van der Waals surface area contributed by atoms with Crippen LogP contribution >= 0.6 is 7.82 Å². The number of aliphatic hydroxyl groups is 1. The largest absolute Gasteiger partial charge is 0.475 e. The van der Waals surface area contributed by atoms with E-state index in [1.807, 2.05) is 6.07 Å². The van der Waals surface area contributed by atoms with Gasteiger partial charge in [-0.05, 0) is 0 Å². The van der Waals surface area contributed by atoms with Crippen LogP contribution in [0.2, 0.25) is 0 Å². The van der Waals surface area contributed by atoms with Gasteiger partial charge >= 0.3 is 7.82 Å². The van der Waals surface area contributed by atoms with Gasteiger partial charge in [-0.1, -0.05) is 6.08 Å². The summed E-state index contributed by atoms with van der Waals surface area (Å²) in [6, 6.07) is 1.89. The lowest BCUT2D eigenvalue weighted by molar-refractivity contribution is -0.0504. The van der Waals surface area contributed by atoms with E-state index in [0.717, 1.165) is 0 Å². The Balaban J connectivity index is 1.88. The Kier molecular flexibility index (Phi) is 6.92. The fourth-order valence-corrected chi connectivity index (χ4v) is 4.16. The standard InChI is InChI=1S/C16H21N6O6P/c1-2-5-25-29(24,26-6-3-4-17)28-12-7-11(8-23)27-16(12)22-10-21-13-14(18)19-9-20-15(13)22/h2,9-12,16,23H,1,3,5-8H2,(H2,18,19,20)/t11-,12-,16+,29?/m0/s1. The Morgan fingerprint density at radius 3 is 3.03 bits per heavy atom. The van der Waals surface area contributed by atoms with Gasteiger partial charge in [0.05, 0.1) is 44.7 Å². The molecule has 12 nitrogen and oxygen atoms in total. The van der Waals surface area contributed by atoms with E-state index >= 15 is 0 Å². The zero-order valence-electron chi connectivity index (χ0n) is 15.5. The third kappa shape index (κ3) is 4.79. The van der Waals surface area contributed by atoms with Gasteiger partial charge in [0, 0.05) is 6.42 Å². The van der Waals surface area contributed by atoms with E-state index in [1.54, 1.807) is 4.57 Å². The molecule has 4 atom stereocenters. The number of aromatic nitrogens is 4. The average molecular weight is 424 g/mol. The van der Waals surface area contributed by atoms with E-state index < -0.39 is 26.3 Å². The van der Waals surface area contributed by atoms with Crippen molar-refractivity contribution in [2.24, 2.45) is 0 Å². The van der Waals surface area contributed by atoms with Crippen molar-refractivity contribution in [2.45, 2.75) is 31.3 Å². The molecule has 1 saturated heterocycles. The Labute approximate surface area is 166 Å². The predicted molar refractivity (Wildman–Crippen MR) is 100 cm³/mol. The van der Waals surface area contributed by atoms with Crippen molar-refractivity contribution >= 4 is 24.8 Å². The lowest BCUT2D eigenvalue weighted by atomic mass is 10.2. The highest BCUT2D eigenvalue weighted by atomic mass is 31.2. The topological polar surface area (TPSA) is 168 Å². The maximum atomic E-state index is 13.0. The minimum atomic E-state index is -4.04. The molecule has 3 heterocycles. The van der Waals surface area contributed by atoms with Crippen LogP contribution < -0.4 is 5.73 Å². The van der Waals surface area contributed by atoms with Gasteiger partial charge in [-0.15, -0.1) is 6.58 Å². The fraction of sp³-hybridized carbons (Fsp3) is 0.500. The number of nitriles is 1. The van der Waals surface area contributed by atoms with Crippen LogP contribution in [0.4, 0.5) is 5.82 Å². The normalized spacial score (nSPS) is 23.7. The minimum Gasteiger partial charge on any atom is -0.394 e. The number of phosphoric acid groups is 1. The van der Waals surface area contributed by atoms with E-state index in [9.17, 15) is 9.67 Å². The number of anilines is 1. The number of hydrogen-bond donors (Lipinski definition) is 2. The van der Waals surface area contributed by atoms with E-state index in [0.29, 0.717) is 11.2 Å². The molecule has 1 unspecified atom stereocenters. The molecule has 1 aliphatic heterocycles. The van der Waals surface area contributed by atoms with Crippen LogP contribution in [0, 0.1) is 11.3 Å². The smallest absolute Gasteiger partial charge is 0.394 e. The lowest BCUT2D eigenvalue weighted by Gasteiger charge is -2.24. The van der Waals surface area contributed by atoms with Crippen LogP contribution in [0.1, 0.15) is 19.1 Å². The fourth-order valence-electron chi connectivity index (χ4n) is 2.84. The molecule has 29 heavy (non-hydrogen) atoms. The van der Waals surface area contributed by atoms with Gasteiger partial charge in [0.1, 0.15) is 17.9 Å². The third-order valence-electron chi connectivity index (χ3n) is 4.09. The number of nitrogens with two attached hydrogens (primary N) is 1. The van der Waals surface area contributed by atoms with Crippen molar-refractivity contribution in [1.29, 1.82) is 5.26 Å². The minimum absolute atomic E-state index is 0.0109. The molecule has 0 amide bonds. The summed E-state index contributed by atoms with van der Waals surface area (Å²) in [6.07, 6.45) is 2.13. The van der Waals surface area contributed by atoms with Gasteiger partial charge in [0.2, 0.25) is 0 Å². The van der Waals surface area contributed by atoms with Crippen molar-refractivity contribution in [3.05, 3.63) is 25.3 Å². The second-order valence-electron chi connectivity index (χ2n) is 6.07. The van der Waals surface area contributed by atoms with Gasteiger partial charge in [0.25, 0.3) is 0 Å². The monoisotopic (exact) mass is 424 g/mol. The third-order valence-corrected chi connectivity index (χ3v) is 5.58. The Morgan fingerprint density at radius 2 is 2.31 bits per heavy atom. The first kappa shape index (κ1) is 21.3. The molecule has 0 saturated carbocycles. The second-order valence-corrected chi connectivity index (χ2v) is 7.69. The maximum Gasteiger partial charge on any atom is 0.475 e. The molecule has 1 aliphatic rings.